The number of halogens is 2. The second kappa shape index (κ2) is 14.4. The molecule has 1 fully saturated rings. The number of alkyl halides is 2. The Morgan fingerprint density at radius 2 is 1.73 bits per heavy atom. The molecule has 10 nitrogen and oxygen atoms in total. The molecule has 5 aromatic rings. The molecule has 0 saturated carbocycles. The number of carbonyl (C=O) groups excluding carboxylic acids is 1. The van der Waals surface area contributed by atoms with E-state index < -0.39 is 12.3 Å². The van der Waals surface area contributed by atoms with Crippen LogP contribution in [-0.2, 0) is 5.41 Å². The average Bonchev–Trinajstić information content (AvgIpc) is 3.73. The number of carbonyl (C=O) groups is 1. The molecule has 1 aliphatic carbocycles. The second-order valence-corrected chi connectivity index (χ2v) is 14.8. The topological polar surface area (TPSA) is 110 Å². The highest BCUT2D eigenvalue weighted by Crippen LogP contribution is 2.40. The molecule has 1 aliphatic heterocycles. The quantitative estimate of drug-likeness (QED) is 0.144. The molecule has 51 heavy (non-hydrogen) atoms. The maximum atomic E-state index is 13.8. The van der Waals surface area contributed by atoms with Crippen LogP contribution in [-0.4, -0.2) is 49.9 Å². The summed E-state index contributed by atoms with van der Waals surface area (Å²) in [5, 5.41) is 23.2. The highest BCUT2D eigenvalue weighted by atomic mass is 19.3. The Bertz CT molecular complexity index is 1980. The monoisotopic (exact) mass is 696 g/mol. The lowest BCUT2D eigenvalue weighted by Gasteiger charge is -2.32. The fourth-order valence-corrected chi connectivity index (χ4v) is 7.38. The lowest BCUT2D eigenvalue weighted by Crippen LogP contribution is -2.36. The number of rotatable bonds is 9. The van der Waals surface area contributed by atoms with Crippen LogP contribution in [0.2, 0.25) is 0 Å². The summed E-state index contributed by atoms with van der Waals surface area (Å²) in [5.74, 6) is 1.45. The molecule has 1 unspecified atom stereocenters. The van der Waals surface area contributed by atoms with Crippen LogP contribution < -0.4 is 20.7 Å². The van der Waals surface area contributed by atoms with E-state index in [0.29, 0.717) is 35.9 Å². The predicted octanol–water partition coefficient (Wildman–Crippen LogP) is 8.04. The van der Waals surface area contributed by atoms with E-state index in [9.17, 15) is 13.6 Å². The number of hydrogen-bond donors (Lipinski definition) is 3. The van der Waals surface area contributed by atoms with Crippen molar-refractivity contribution in [2.75, 3.05) is 18.4 Å². The van der Waals surface area contributed by atoms with Crippen molar-refractivity contribution in [3.05, 3.63) is 101 Å². The van der Waals surface area contributed by atoms with Crippen LogP contribution in [0.3, 0.4) is 0 Å². The lowest BCUT2D eigenvalue weighted by molar-refractivity contribution is 0.110. The molecule has 4 heterocycles. The van der Waals surface area contributed by atoms with Gasteiger partial charge in [0.05, 0.1) is 23.6 Å². The van der Waals surface area contributed by atoms with Crippen LogP contribution >= 0.6 is 0 Å². The number of ether oxygens (including phenoxy) is 1. The fourth-order valence-electron chi connectivity index (χ4n) is 7.38. The van der Waals surface area contributed by atoms with Crippen molar-refractivity contribution in [3.8, 4) is 11.4 Å². The van der Waals surface area contributed by atoms with E-state index in [-0.39, 0.29) is 35.9 Å². The molecule has 12 heteroatoms. The van der Waals surface area contributed by atoms with E-state index >= 15 is 0 Å². The van der Waals surface area contributed by atoms with Crippen molar-refractivity contribution in [1.29, 1.82) is 0 Å². The first-order chi connectivity index (χ1) is 24.5. The second-order valence-electron chi connectivity index (χ2n) is 14.8. The lowest BCUT2D eigenvalue weighted by atomic mass is 9.82. The summed E-state index contributed by atoms with van der Waals surface area (Å²) < 4.78 is 37.8. The van der Waals surface area contributed by atoms with Gasteiger partial charge in [0, 0.05) is 23.8 Å². The SMILES string of the molecule is Cc1ccc(-n2nc(C(C)(C)C)cc2NC(=O)N[C@H]2CC[C@@H](Oc3ccc4nnc(C(CC(F)F)C5CCNCC5)n4c3)c3ccccc32)cc1. The Kier molecular flexibility index (Phi) is 9.78. The number of urea groups is 1. The number of aromatic nitrogens is 5. The third kappa shape index (κ3) is 7.61. The third-order valence-electron chi connectivity index (χ3n) is 10.1. The fraction of sp³-hybridized carbons (Fsp3) is 0.436. The van der Waals surface area contributed by atoms with Crippen LogP contribution in [0.15, 0.2) is 72.9 Å². The van der Waals surface area contributed by atoms with Gasteiger partial charge in [-0.05, 0) is 87.0 Å². The highest BCUT2D eigenvalue weighted by Gasteiger charge is 2.33. The number of benzene rings is 2. The molecule has 7 rings (SSSR count). The van der Waals surface area contributed by atoms with Crippen LogP contribution in [0.4, 0.5) is 19.4 Å². The molecule has 2 aliphatic rings. The summed E-state index contributed by atoms with van der Waals surface area (Å²) in [4.78, 5) is 13.6. The first kappa shape index (κ1) is 34.6. The minimum atomic E-state index is -2.43. The van der Waals surface area contributed by atoms with Gasteiger partial charge in [-0.15, -0.1) is 10.2 Å². The van der Waals surface area contributed by atoms with Crippen LogP contribution in [0, 0.1) is 12.8 Å². The molecule has 3 aromatic heterocycles. The summed E-state index contributed by atoms with van der Waals surface area (Å²) in [6, 6.07) is 21.1. The van der Waals surface area contributed by atoms with E-state index in [2.05, 4.69) is 46.9 Å². The Morgan fingerprint density at radius 1 is 0.980 bits per heavy atom. The van der Waals surface area contributed by atoms with Crippen molar-refractivity contribution in [3.63, 3.8) is 0 Å². The number of fused-ring (bicyclic) bond motifs is 2. The van der Waals surface area contributed by atoms with Gasteiger partial charge in [-0.25, -0.2) is 18.3 Å². The van der Waals surface area contributed by atoms with Crippen molar-refractivity contribution in [2.45, 2.75) is 89.7 Å². The maximum absolute atomic E-state index is 13.8. The molecule has 1 saturated heterocycles. The number of nitrogens with one attached hydrogen (secondary N) is 3. The number of anilines is 1. The summed E-state index contributed by atoms with van der Waals surface area (Å²) >= 11 is 0. The van der Waals surface area contributed by atoms with Crippen molar-refractivity contribution >= 4 is 17.5 Å². The molecule has 0 bridgehead atoms. The van der Waals surface area contributed by atoms with Gasteiger partial charge in [-0.2, -0.15) is 5.10 Å². The Morgan fingerprint density at radius 3 is 2.45 bits per heavy atom. The summed E-state index contributed by atoms with van der Waals surface area (Å²) in [7, 11) is 0. The van der Waals surface area contributed by atoms with Gasteiger partial charge >= 0.3 is 6.03 Å². The Labute approximate surface area is 297 Å². The molecule has 2 aromatic carbocycles. The van der Waals surface area contributed by atoms with Gasteiger partial charge in [0.1, 0.15) is 23.5 Å². The average molecular weight is 697 g/mol. The molecule has 3 atom stereocenters. The zero-order chi connectivity index (χ0) is 35.7. The minimum Gasteiger partial charge on any atom is -0.484 e. The molecule has 3 N–H and O–H groups in total. The van der Waals surface area contributed by atoms with Gasteiger partial charge in [-0.1, -0.05) is 62.7 Å². The number of aryl methyl sites for hydroxylation is 1. The van der Waals surface area contributed by atoms with E-state index in [0.717, 1.165) is 54.0 Å². The number of nitrogens with zero attached hydrogens (tertiary/aromatic N) is 5. The van der Waals surface area contributed by atoms with Crippen molar-refractivity contribution < 1.29 is 18.3 Å². The Hall–Kier alpha value is -4.84. The Balaban J connectivity index is 1.09. The molecular weight excluding hydrogens is 650 g/mol. The molecule has 2 amide bonds. The first-order valence-corrected chi connectivity index (χ1v) is 17.9. The first-order valence-electron chi connectivity index (χ1n) is 17.9. The summed E-state index contributed by atoms with van der Waals surface area (Å²) in [6.45, 7) is 9.94. The zero-order valence-corrected chi connectivity index (χ0v) is 29.6. The van der Waals surface area contributed by atoms with Gasteiger partial charge in [-0.3, -0.25) is 9.72 Å². The maximum Gasteiger partial charge on any atom is 0.320 e. The van der Waals surface area contributed by atoms with Gasteiger partial charge in [0.25, 0.3) is 0 Å². The van der Waals surface area contributed by atoms with E-state index in [4.69, 9.17) is 9.84 Å². The number of hydrogen-bond acceptors (Lipinski definition) is 6. The molecular formula is C39H46F2N8O2. The van der Waals surface area contributed by atoms with Crippen LogP contribution in [0.5, 0.6) is 5.75 Å². The third-order valence-corrected chi connectivity index (χ3v) is 10.1. The minimum absolute atomic E-state index is 0.104. The molecule has 0 spiro atoms. The number of pyridine rings is 1. The largest absolute Gasteiger partial charge is 0.484 e. The smallest absolute Gasteiger partial charge is 0.320 e. The number of piperidine rings is 1. The van der Waals surface area contributed by atoms with Crippen molar-refractivity contribution in [2.24, 2.45) is 5.92 Å². The van der Waals surface area contributed by atoms with Gasteiger partial charge in [0.2, 0.25) is 6.43 Å². The van der Waals surface area contributed by atoms with Crippen LogP contribution in [0.25, 0.3) is 11.3 Å². The zero-order valence-electron chi connectivity index (χ0n) is 29.6. The molecule has 0 radical (unpaired) electrons. The van der Waals surface area contributed by atoms with Crippen molar-refractivity contribution in [1.82, 2.24) is 35.0 Å². The normalized spacial score (nSPS) is 18.8. The van der Waals surface area contributed by atoms with E-state index in [1.54, 1.807) is 4.68 Å². The summed E-state index contributed by atoms with van der Waals surface area (Å²) in [5.41, 5.74) is 5.24. The standard InChI is InChI=1S/C39H46F2N8O2/c1-24-9-11-26(12-10-24)49-36(22-33(47-49)39(2,3)4)44-38(50)43-31-14-15-32(29-8-6-5-7-28(29)31)51-27-13-16-35-45-46-37(48(35)23-27)30(21-34(40)41)25-17-19-42-20-18-25/h5-13,16,22-23,25,30-32,34,42H,14-15,17-21H2,1-4H3,(H2,43,44,50)/t30?,31-,32+/m0/s1. The number of amides is 2. The van der Waals surface area contributed by atoms with E-state index in [1.165, 1.54) is 0 Å². The van der Waals surface area contributed by atoms with Crippen LogP contribution in [0.1, 0.15) is 99.1 Å². The van der Waals surface area contributed by atoms with Gasteiger partial charge < -0.3 is 15.4 Å². The predicted molar refractivity (Wildman–Crippen MR) is 193 cm³/mol. The summed E-state index contributed by atoms with van der Waals surface area (Å²) in [6.07, 6.45) is 1.84. The highest BCUT2D eigenvalue weighted by molar-refractivity contribution is 5.89. The van der Waals surface area contributed by atoms with E-state index in [1.807, 2.05) is 84.3 Å². The molecule has 268 valence electrons. The van der Waals surface area contributed by atoms with Gasteiger partial charge in [0.15, 0.2) is 5.65 Å².